The molecule has 1 N–H and O–H groups in total. The zero-order valence-electron chi connectivity index (χ0n) is 14.9. The third-order valence-electron chi connectivity index (χ3n) is 6.95. The molecule has 1 spiro atoms. The third kappa shape index (κ3) is 1.63. The van der Waals surface area contributed by atoms with E-state index >= 15 is 0 Å². The van der Waals surface area contributed by atoms with E-state index in [0.717, 1.165) is 24.8 Å². The number of ketones is 1. The van der Waals surface area contributed by atoms with Gasteiger partial charge in [-0.3, -0.25) is 4.79 Å². The Bertz CT molecular complexity index is 698. The number of allylic oxidation sites excluding steroid dienone is 1. The molecule has 0 radical (unpaired) electrons. The smallest absolute Gasteiger partial charge is 0.348 e. The Balaban J connectivity index is 1.87. The van der Waals surface area contributed by atoms with E-state index in [1.807, 2.05) is 19.9 Å². The molecule has 1 aliphatic heterocycles. The van der Waals surface area contributed by atoms with Gasteiger partial charge in [0.05, 0.1) is 5.41 Å². The first-order valence-corrected chi connectivity index (χ1v) is 9.06. The predicted octanol–water partition coefficient (Wildman–Crippen LogP) is 2.95. The monoisotopic (exact) mass is 330 g/mol. The highest BCUT2D eigenvalue weighted by Gasteiger charge is 2.75. The second kappa shape index (κ2) is 4.60. The highest BCUT2D eigenvalue weighted by molar-refractivity contribution is 6.20. The predicted molar refractivity (Wildman–Crippen MR) is 89.0 cm³/mol. The minimum Gasteiger partial charge on any atom is -0.454 e. The quantitative estimate of drug-likeness (QED) is 0.456. The summed E-state index contributed by atoms with van der Waals surface area (Å²) in [6.07, 6.45) is 7.15. The van der Waals surface area contributed by atoms with Gasteiger partial charge in [-0.25, -0.2) is 4.79 Å². The molecule has 0 amide bonds. The molecule has 0 aromatic carbocycles. The van der Waals surface area contributed by atoms with Gasteiger partial charge in [0.15, 0.2) is 0 Å². The van der Waals surface area contributed by atoms with Crippen LogP contribution in [-0.4, -0.2) is 28.6 Å². The summed E-state index contributed by atoms with van der Waals surface area (Å²) in [6.45, 7) is 8.39. The van der Waals surface area contributed by atoms with Crippen LogP contribution in [-0.2, 0) is 14.3 Å². The Morgan fingerprint density at radius 1 is 1.25 bits per heavy atom. The molecule has 1 saturated heterocycles. The largest absolute Gasteiger partial charge is 0.454 e. The first-order valence-electron chi connectivity index (χ1n) is 9.06. The lowest BCUT2D eigenvalue weighted by Crippen LogP contribution is -2.56. The van der Waals surface area contributed by atoms with Crippen molar-refractivity contribution in [2.75, 3.05) is 0 Å². The molecule has 4 atom stereocenters. The number of fused-ring (bicyclic) bond motifs is 2. The summed E-state index contributed by atoms with van der Waals surface area (Å²) < 4.78 is 5.66. The van der Waals surface area contributed by atoms with Crippen LogP contribution in [0.5, 0.6) is 0 Å². The van der Waals surface area contributed by atoms with Crippen molar-refractivity contribution in [1.29, 1.82) is 0 Å². The maximum Gasteiger partial charge on any atom is 0.348 e. The van der Waals surface area contributed by atoms with Gasteiger partial charge < -0.3 is 9.84 Å². The lowest BCUT2D eigenvalue weighted by molar-refractivity contribution is -0.161. The van der Waals surface area contributed by atoms with Crippen LogP contribution in [0.3, 0.4) is 0 Å². The molecule has 0 bridgehead atoms. The Morgan fingerprint density at radius 2 is 1.96 bits per heavy atom. The summed E-state index contributed by atoms with van der Waals surface area (Å²) in [5.41, 5.74) is -1.07. The summed E-state index contributed by atoms with van der Waals surface area (Å²) in [4.78, 5) is 25.5. The van der Waals surface area contributed by atoms with Gasteiger partial charge >= 0.3 is 5.97 Å². The molecule has 1 heterocycles. The SMILES string of the molecule is CC(C)C1=C[C@]23CCC4C(=CCCC4(C)C)[C@H]2OC(=O)[C@]3(O)C1=O. The number of carbonyl (C=O) groups excluding carboxylic acids is 2. The fourth-order valence-electron chi connectivity index (χ4n) is 5.50. The average molecular weight is 330 g/mol. The van der Waals surface area contributed by atoms with Crippen LogP contribution in [0, 0.1) is 22.7 Å². The van der Waals surface area contributed by atoms with Crippen LogP contribution < -0.4 is 0 Å². The molecule has 4 nitrogen and oxygen atoms in total. The number of ether oxygens (including phenoxy) is 1. The summed E-state index contributed by atoms with van der Waals surface area (Å²) in [6, 6.07) is 0. The van der Waals surface area contributed by atoms with Gasteiger partial charge in [-0.1, -0.05) is 39.8 Å². The lowest BCUT2D eigenvalue weighted by Gasteiger charge is -2.49. The van der Waals surface area contributed by atoms with Gasteiger partial charge in [0.2, 0.25) is 11.4 Å². The van der Waals surface area contributed by atoms with Gasteiger partial charge in [0, 0.05) is 0 Å². The second-order valence-electron chi connectivity index (χ2n) is 8.94. The number of Topliss-reactive ketones (excluding diaryl/α,β-unsaturated/α-hetero) is 1. The molecule has 4 rings (SSSR count). The first-order chi connectivity index (χ1) is 11.1. The number of hydrogen-bond acceptors (Lipinski definition) is 4. The Labute approximate surface area is 143 Å². The highest BCUT2D eigenvalue weighted by Crippen LogP contribution is 2.63. The van der Waals surface area contributed by atoms with Crippen LogP contribution in [0.4, 0.5) is 0 Å². The van der Waals surface area contributed by atoms with Crippen molar-refractivity contribution in [3.8, 4) is 0 Å². The number of carbonyl (C=O) groups is 2. The Morgan fingerprint density at radius 3 is 2.62 bits per heavy atom. The number of rotatable bonds is 1. The van der Waals surface area contributed by atoms with Gasteiger partial charge in [0.1, 0.15) is 6.10 Å². The van der Waals surface area contributed by atoms with Crippen molar-refractivity contribution < 1.29 is 19.4 Å². The highest BCUT2D eigenvalue weighted by atomic mass is 16.6. The van der Waals surface area contributed by atoms with E-state index in [4.69, 9.17) is 4.74 Å². The van der Waals surface area contributed by atoms with Crippen molar-refractivity contribution in [2.24, 2.45) is 22.7 Å². The van der Waals surface area contributed by atoms with Crippen LogP contribution >= 0.6 is 0 Å². The molecule has 1 unspecified atom stereocenters. The molecule has 2 fully saturated rings. The normalized spacial score (nSPS) is 42.9. The van der Waals surface area contributed by atoms with Crippen molar-refractivity contribution in [1.82, 2.24) is 0 Å². The van der Waals surface area contributed by atoms with Crippen LogP contribution in [0.1, 0.15) is 53.4 Å². The van der Waals surface area contributed by atoms with Crippen molar-refractivity contribution in [3.63, 3.8) is 0 Å². The lowest BCUT2D eigenvalue weighted by atomic mass is 9.54. The van der Waals surface area contributed by atoms with Crippen LogP contribution in [0.15, 0.2) is 23.3 Å². The molecular formula is C20H26O4. The Hall–Kier alpha value is -1.42. The fraction of sp³-hybridized carbons (Fsp3) is 0.700. The number of aliphatic hydroxyl groups is 1. The van der Waals surface area contributed by atoms with Gasteiger partial charge in [-0.15, -0.1) is 0 Å². The molecular weight excluding hydrogens is 304 g/mol. The molecule has 0 aromatic heterocycles. The fourth-order valence-corrected chi connectivity index (χ4v) is 5.50. The molecule has 3 aliphatic carbocycles. The Kier molecular flexibility index (Phi) is 3.08. The average Bonchev–Trinajstić information content (AvgIpc) is 2.86. The minimum absolute atomic E-state index is 0.00977. The second-order valence-corrected chi connectivity index (χ2v) is 8.94. The first kappa shape index (κ1) is 16.1. The summed E-state index contributed by atoms with van der Waals surface area (Å²) >= 11 is 0. The zero-order valence-corrected chi connectivity index (χ0v) is 14.9. The van der Waals surface area contributed by atoms with Crippen molar-refractivity contribution in [2.45, 2.75) is 65.1 Å². The van der Waals surface area contributed by atoms with E-state index < -0.39 is 28.9 Å². The van der Waals surface area contributed by atoms with E-state index in [0.29, 0.717) is 17.9 Å². The van der Waals surface area contributed by atoms with Gasteiger partial charge in [0.25, 0.3) is 0 Å². The van der Waals surface area contributed by atoms with Crippen molar-refractivity contribution in [3.05, 3.63) is 23.3 Å². The standard InChI is InChI=1S/C20H26O4/c1-11(2)13-10-19-9-7-14-12(6-5-8-18(14,3)4)16(19)24-17(22)20(19,23)15(13)21/h6,10-11,14,16,23H,5,7-9H2,1-4H3/t14?,16-,19-,20-/m1/s1. The van der Waals surface area contributed by atoms with E-state index in [1.54, 1.807) is 0 Å². The van der Waals surface area contributed by atoms with Crippen LogP contribution in [0.25, 0.3) is 0 Å². The van der Waals surface area contributed by atoms with Gasteiger partial charge in [-0.05, 0) is 54.1 Å². The topological polar surface area (TPSA) is 63.6 Å². The van der Waals surface area contributed by atoms with E-state index in [9.17, 15) is 14.7 Å². The summed E-state index contributed by atoms with van der Waals surface area (Å²) in [5.74, 6) is -0.860. The molecule has 4 heteroatoms. The summed E-state index contributed by atoms with van der Waals surface area (Å²) in [7, 11) is 0. The van der Waals surface area contributed by atoms with E-state index in [1.165, 1.54) is 0 Å². The maximum atomic E-state index is 12.9. The summed E-state index contributed by atoms with van der Waals surface area (Å²) in [5, 5.41) is 11.2. The molecule has 4 aliphatic rings. The van der Waals surface area contributed by atoms with Crippen molar-refractivity contribution >= 4 is 11.8 Å². The number of hydrogen-bond donors (Lipinski definition) is 1. The van der Waals surface area contributed by atoms with Gasteiger partial charge in [-0.2, -0.15) is 0 Å². The van der Waals surface area contributed by atoms with E-state index in [2.05, 4.69) is 19.9 Å². The number of esters is 1. The maximum absolute atomic E-state index is 12.9. The molecule has 24 heavy (non-hydrogen) atoms. The molecule has 0 aromatic rings. The van der Waals surface area contributed by atoms with Crippen LogP contribution in [0.2, 0.25) is 0 Å². The minimum atomic E-state index is -2.02. The molecule has 1 saturated carbocycles. The molecule has 130 valence electrons. The van der Waals surface area contributed by atoms with E-state index in [-0.39, 0.29) is 11.3 Å². The zero-order chi connectivity index (χ0) is 17.5. The third-order valence-corrected chi connectivity index (χ3v) is 6.95.